The Kier molecular flexibility index (Phi) is 6.40. The second-order valence-electron chi connectivity index (χ2n) is 14.1. The number of allylic oxidation sites excluding steroid dienone is 5. The van der Waals surface area contributed by atoms with E-state index >= 15 is 0 Å². The molecule has 0 radical (unpaired) electrons. The first-order chi connectivity index (χ1) is 25.3. The SMILES string of the molecule is C1=CC2C3=C(CCC(c4cccc5c4Cc4ccccc4-5)=C3)OC2C(C2=NC(c3ccccc3)NC(c3cccc4oc5ccccc5c34)N2)=C1. The molecule has 5 heteroatoms. The molecule has 0 bridgehead atoms. The molecule has 2 aliphatic heterocycles. The summed E-state index contributed by atoms with van der Waals surface area (Å²) >= 11 is 0. The lowest BCUT2D eigenvalue weighted by Crippen LogP contribution is -2.47. The highest BCUT2D eigenvalue weighted by molar-refractivity contribution is 6.07. The van der Waals surface area contributed by atoms with Crippen molar-refractivity contribution in [3.63, 3.8) is 0 Å². The lowest BCUT2D eigenvalue weighted by atomic mass is 9.81. The number of ether oxygens (including phenoxy) is 1. The van der Waals surface area contributed by atoms with Crippen LogP contribution in [0, 0.1) is 5.92 Å². The summed E-state index contributed by atoms with van der Waals surface area (Å²) in [5.41, 5.74) is 14.8. The van der Waals surface area contributed by atoms with Gasteiger partial charge in [0.25, 0.3) is 0 Å². The number of para-hydroxylation sites is 1. The van der Waals surface area contributed by atoms with Crippen molar-refractivity contribution in [2.45, 2.75) is 37.7 Å². The van der Waals surface area contributed by atoms with Crippen LogP contribution in [0.25, 0.3) is 38.6 Å². The van der Waals surface area contributed by atoms with Crippen LogP contribution < -0.4 is 10.6 Å². The van der Waals surface area contributed by atoms with Gasteiger partial charge in [-0.25, -0.2) is 4.99 Å². The first-order valence-corrected chi connectivity index (χ1v) is 18.0. The van der Waals surface area contributed by atoms with Crippen LogP contribution >= 0.6 is 0 Å². The Morgan fingerprint density at radius 3 is 2.49 bits per heavy atom. The Labute approximate surface area is 296 Å². The zero-order chi connectivity index (χ0) is 33.5. The summed E-state index contributed by atoms with van der Waals surface area (Å²) in [5.74, 6) is 2.10. The molecule has 5 aromatic carbocycles. The van der Waals surface area contributed by atoms with Gasteiger partial charge >= 0.3 is 0 Å². The van der Waals surface area contributed by atoms with Crippen molar-refractivity contribution >= 4 is 33.3 Å². The number of rotatable bonds is 4. The third kappa shape index (κ3) is 4.55. The van der Waals surface area contributed by atoms with Crippen LogP contribution in [0.4, 0.5) is 0 Å². The van der Waals surface area contributed by atoms with Gasteiger partial charge in [-0.1, -0.05) is 127 Å². The maximum absolute atomic E-state index is 6.92. The highest BCUT2D eigenvalue weighted by Crippen LogP contribution is 2.48. The molecule has 6 aromatic rings. The fourth-order valence-electron chi connectivity index (χ4n) is 8.97. The zero-order valence-corrected chi connectivity index (χ0v) is 28.0. The maximum Gasteiger partial charge on any atom is 0.137 e. The minimum absolute atomic E-state index is 0.124. The summed E-state index contributed by atoms with van der Waals surface area (Å²) in [4.78, 5) is 5.34. The first-order valence-electron chi connectivity index (χ1n) is 18.0. The maximum atomic E-state index is 6.92. The van der Waals surface area contributed by atoms with Crippen molar-refractivity contribution in [3.05, 3.63) is 184 Å². The summed E-state index contributed by atoms with van der Waals surface area (Å²) in [7, 11) is 0. The van der Waals surface area contributed by atoms with Gasteiger partial charge in [-0.05, 0) is 63.9 Å². The largest absolute Gasteiger partial charge is 0.489 e. The van der Waals surface area contributed by atoms with Crippen molar-refractivity contribution in [1.82, 2.24) is 10.6 Å². The molecular formula is C46H35N3O2. The number of fused-ring (bicyclic) bond motifs is 8. The average Bonchev–Trinajstić information content (AvgIpc) is 3.89. The molecule has 246 valence electrons. The van der Waals surface area contributed by atoms with Gasteiger partial charge in [0, 0.05) is 39.8 Å². The van der Waals surface area contributed by atoms with Crippen LogP contribution in [0.2, 0.25) is 0 Å². The molecule has 11 rings (SSSR count). The Bertz CT molecular complexity index is 2570. The van der Waals surface area contributed by atoms with Crippen molar-refractivity contribution in [2.24, 2.45) is 10.9 Å². The quantitative estimate of drug-likeness (QED) is 0.197. The lowest BCUT2D eigenvalue weighted by Gasteiger charge is -2.35. The number of nitrogens with zero attached hydrogens (tertiary/aromatic N) is 1. The molecule has 0 fully saturated rings. The molecule has 2 N–H and O–H groups in total. The van der Waals surface area contributed by atoms with Gasteiger partial charge in [-0.2, -0.15) is 0 Å². The van der Waals surface area contributed by atoms with Crippen LogP contribution in [0.5, 0.6) is 0 Å². The molecule has 0 spiro atoms. The molecule has 4 atom stereocenters. The van der Waals surface area contributed by atoms with E-state index in [0.29, 0.717) is 0 Å². The molecule has 0 amide bonds. The van der Waals surface area contributed by atoms with Crippen LogP contribution in [0.3, 0.4) is 0 Å². The molecule has 3 aliphatic carbocycles. The van der Waals surface area contributed by atoms with Gasteiger partial charge in [0.05, 0.1) is 0 Å². The van der Waals surface area contributed by atoms with E-state index in [-0.39, 0.29) is 24.4 Å². The average molecular weight is 662 g/mol. The van der Waals surface area contributed by atoms with E-state index in [0.717, 1.165) is 69.5 Å². The van der Waals surface area contributed by atoms with Gasteiger partial charge in [0.1, 0.15) is 41.2 Å². The van der Waals surface area contributed by atoms with E-state index in [1.807, 2.05) is 12.1 Å². The number of aliphatic imine (C=N–C) groups is 1. The Morgan fingerprint density at radius 2 is 1.53 bits per heavy atom. The summed E-state index contributed by atoms with van der Waals surface area (Å²) in [6.45, 7) is 0. The van der Waals surface area contributed by atoms with E-state index in [9.17, 15) is 0 Å². The Hall–Kier alpha value is -5.91. The van der Waals surface area contributed by atoms with E-state index in [1.54, 1.807) is 0 Å². The number of hydrogen-bond acceptors (Lipinski definition) is 5. The molecule has 0 saturated carbocycles. The third-order valence-electron chi connectivity index (χ3n) is 11.3. The number of nitrogens with one attached hydrogen (secondary N) is 2. The molecule has 4 unspecified atom stereocenters. The molecule has 51 heavy (non-hydrogen) atoms. The van der Waals surface area contributed by atoms with Crippen molar-refractivity contribution < 1.29 is 9.15 Å². The highest BCUT2D eigenvalue weighted by atomic mass is 16.5. The topological polar surface area (TPSA) is 58.8 Å². The van der Waals surface area contributed by atoms with Gasteiger partial charge in [0.2, 0.25) is 0 Å². The van der Waals surface area contributed by atoms with Gasteiger partial charge in [-0.15, -0.1) is 0 Å². The fourth-order valence-corrected chi connectivity index (χ4v) is 8.97. The Morgan fingerprint density at radius 1 is 0.725 bits per heavy atom. The van der Waals surface area contributed by atoms with E-state index < -0.39 is 0 Å². The molecule has 1 aromatic heterocycles. The van der Waals surface area contributed by atoms with Crippen molar-refractivity contribution in [3.8, 4) is 11.1 Å². The zero-order valence-electron chi connectivity index (χ0n) is 28.0. The second-order valence-corrected chi connectivity index (χ2v) is 14.1. The first kappa shape index (κ1) is 28.9. The molecular weight excluding hydrogens is 627 g/mol. The molecule has 5 nitrogen and oxygen atoms in total. The fraction of sp³-hybridized carbons (Fsp3) is 0.152. The number of benzene rings is 5. The summed E-state index contributed by atoms with van der Waals surface area (Å²) < 4.78 is 13.2. The van der Waals surface area contributed by atoms with Gasteiger partial charge < -0.3 is 14.5 Å². The number of amidine groups is 1. The van der Waals surface area contributed by atoms with Crippen LogP contribution in [-0.4, -0.2) is 11.9 Å². The normalized spacial score (nSPS) is 23.1. The van der Waals surface area contributed by atoms with Crippen molar-refractivity contribution in [1.29, 1.82) is 0 Å². The predicted molar refractivity (Wildman–Crippen MR) is 204 cm³/mol. The van der Waals surface area contributed by atoms with Gasteiger partial charge in [0.15, 0.2) is 0 Å². The summed E-state index contributed by atoms with van der Waals surface area (Å²) in [6, 6.07) is 40.8. The van der Waals surface area contributed by atoms with Crippen LogP contribution in [0.1, 0.15) is 53.0 Å². The standard InChI is InChI=1S/C46H35N3O2/c1-2-11-27(12-3-1)44-47-45(35-19-10-22-41-42(35)34-15-6-7-21-39(34)50-41)49-46(48-44)36-20-9-18-33-38-26-29(23-24-40(38)51-43(33)36)31-16-8-17-32-30-14-5-4-13-28(30)25-37(31)32/h1-22,26,33,43-45,47H,23-25H2,(H,48,49). The predicted octanol–water partition coefficient (Wildman–Crippen LogP) is 10.1. The van der Waals surface area contributed by atoms with Gasteiger partial charge in [-0.3, -0.25) is 5.32 Å². The van der Waals surface area contributed by atoms with E-state index in [4.69, 9.17) is 14.1 Å². The molecule has 5 aliphatic rings. The van der Waals surface area contributed by atoms with E-state index in [2.05, 4.69) is 138 Å². The lowest BCUT2D eigenvalue weighted by molar-refractivity contribution is 0.152. The van der Waals surface area contributed by atoms with E-state index in [1.165, 1.54) is 39.0 Å². The van der Waals surface area contributed by atoms with Crippen molar-refractivity contribution in [2.75, 3.05) is 0 Å². The Balaban J connectivity index is 0.951. The van der Waals surface area contributed by atoms with Crippen LogP contribution in [-0.2, 0) is 11.2 Å². The summed E-state index contributed by atoms with van der Waals surface area (Å²) in [6.07, 6.45) is 11.4. The number of furan rings is 1. The summed E-state index contributed by atoms with van der Waals surface area (Å²) in [5, 5.41) is 9.87. The monoisotopic (exact) mass is 661 g/mol. The molecule has 0 saturated heterocycles. The minimum Gasteiger partial charge on any atom is -0.489 e. The minimum atomic E-state index is -0.245. The third-order valence-corrected chi connectivity index (χ3v) is 11.3. The number of hydrogen-bond donors (Lipinski definition) is 2. The highest BCUT2D eigenvalue weighted by Gasteiger charge is 2.42. The smallest absolute Gasteiger partial charge is 0.137 e. The molecule has 3 heterocycles. The van der Waals surface area contributed by atoms with Crippen LogP contribution in [0.15, 0.2) is 166 Å². The second kappa shape index (κ2) is 11.3.